The highest BCUT2D eigenvalue weighted by molar-refractivity contribution is 5.32. The summed E-state index contributed by atoms with van der Waals surface area (Å²) in [5.74, 6) is 1.28. The molecule has 0 aliphatic carbocycles. The molecule has 2 aliphatic rings. The molecule has 1 aromatic heterocycles. The SMILES string of the molecule is COc1ccnc(N(C[C@H]2CCCO2)C[C@@H]2CCCO2)n1. The summed E-state index contributed by atoms with van der Waals surface area (Å²) in [6, 6.07) is 1.76. The van der Waals surface area contributed by atoms with Gasteiger partial charge in [-0.2, -0.15) is 4.98 Å². The number of nitrogens with zero attached hydrogens (tertiary/aromatic N) is 3. The van der Waals surface area contributed by atoms with E-state index in [9.17, 15) is 0 Å². The van der Waals surface area contributed by atoms with Crippen LogP contribution in [-0.2, 0) is 9.47 Å². The Labute approximate surface area is 125 Å². The number of rotatable bonds is 6. The van der Waals surface area contributed by atoms with E-state index in [1.165, 1.54) is 0 Å². The molecule has 2 saturated heterocycles. The van der Waals surface area contributed by atoms with Gasteiger partial charge in [0.05, 0.1) is 19.3 Å². The molecule has 0 saturated carbocycles. The topological polar surface area (TPSA) is 56.7 Å². The van der Waals surface area contributed by atoms with Gasteiger partial charge in [-0.25, -0.2) is 4.98 Å². The third kappa shape index (κ3) is 3.83. The van der Waals surface area contributed by atoms with Crippen LogP contribution in [0, 0.1) is 0 Å². The van der Waals surface area contributed by atoms with Gasteiger partial charge in [0, 0.05) is 38.6 Å². The van der Waals surface area contributed by atoms with Crippen molar-refractivity contribution in [3.63, 3.8) is 0 Å². The Hall–Kier alpha value is -1.40. The Bertz CT molecular complexity index is 428. The zero-order chi connectivity index (χ0) is 14.5. The number of anilines is 1. The van der Waals surface area contributed by atoms with Gasteiger partial charge in [-0.05, 0) is 25.7 Å². The van der Waals surface area contributed by atoms with Crippen molar-refractivity contribution in [1.29, 1.82) is 0 Å². The van der Waals surface area contributed by atoms with Crippen molar-refractivity contribution >= 4 is 5.95 Å². The standard InChI is InChI=1S/C15H23N3O3/c1-19-14-6-7-16-15(17-14)18(10-12-4-2-8-20-12)11-13-5-3-9-21-13/h6-7,12-13H,2-5,8-11H2,1H3/t12-,13+. The molecular weight excluding hydrogens is 270 g/mol. The quantitative estimate of drug-likeness (QED) is 0.795. The molecule has 3 rings (SSSR count). The molecule has 2 atom stereocenters. The number of aromatic nitrogens is 2. The first-order chi connectivity index (χ1) is 10.3. The van der Waals surface area contributed by atoms with Crippen molar-refractivity contribution < 1.29 is 14.2 Å². The molecular formula is C15H23N3O3. The first-order valence-corrected chi connectivity index (χ1v) is 7.70. The maximum Gasteiger partial charge on any atom is 0.228 e. The molecule has 116 valence electrons. The molecule has 2 aliphatic heterocycles. The van der Waals surface area contributed by atoms with Crippen LogP contribution in [-0.4, -0.2) is 55.6 Å². The largest absolute Gasteiger partial charge is 0.481 e. The van der Waals surface area contributed by atoms with Crippen LogP contribution in [0.3, 0.4) is 0 Å². The lowest BCUT2D eigenvalue weighted by atomic mass is 10.2. The van der Waals surface area contributed by atoms with Crippen LogP contribution >= 0.6 is 0 Å². The van der Waals surface area contributed by atoms with Crippen molar-refractivity contribution in [2.75, 3.05) is 38.3 Å². The van der Waals surface area contributed by atoms with E-state index < -0.39 is 0 Å². The lowest BCUT2D eigenvalue weighted by molar-refractivity contribution is 0.0993. The summed E-state index contributed by atoms with van der Waals surface area (Å²) in [7, 11) is 1.62. The smallest absolute Gasteiger partial charge is 0.228 e. The summed E-state index contributed by atoms with van der Waals surface area (Å²) in [5, 5.41) is 0. The zero-order valence-electron chi connectivity index (χ0n) is 12.5. The highest BCUT2D eigenvalue weighted by Crippen LogP contribution is 2.21. The van der Waals surface area contributed by atoms with Crippen LogP contribution in [0.4, 0.5) is 5.95 Å². The van der Waals surface area contributed by atoms with E-state index >= 15 is 0 Å². The van der Waals surface area contributed by atoms with Crippen molar-refractivity contribution in [2.45, 2.75) is 37.9 Å². The second-order valence-corrected chi connectivity index (χ2v) is 5.57. The first-order valence-electron chi connectivity index (χ1n) is 7.70. The van der Waals surface area contributed by atoms with Gasteiger partial charge in [0.15, 0.2) is 0 Å². The summed E-state index contributed by atoms with van der Waals surface area (Å²) in [5.41, 5.74) is 0. The van der Waals surface area contributed by atoms with E-state index in [1.54, 1.807) is 19.4 Å². The minimum absolute atomic E-state index is 0.265. The van der Waals surface area contributed by atoms with Gasteiger partial charge in [0.2, 0.25) is 11.8 Å². The van der Waals surface area contributed by atoms with Crippen LogP contribution in [0.1, 0.15) is 25.7 Å². The van der Waals surface area contributed by atoms with Gasteiger partial charge in [0.1, 0.15) is 0 Å². The molecule has 0 radical (unpaired) electrons. The fourth-order valence-corrected chi connectivity index (χ4v) is 2.90. The van der Waals surface area contributed by atoms with E-state index in [0.29, 0.717) is 11.8 Å². The van der Waals surface area contributed by atoms with Crippen LogP contribution in [0.5, 0.6) is 5.88 Å². The second-order valence-electron chi connectivity index (χ2n) is 5.57. The molecule has 0 amide bonds. The van der Waals surface area contributed by atoms with Gasteiger partial charge < -0.3 is 19.1 Å². The van der Waals surface area contributed by atoms with E-state index in [1.807, 2.05) is 0 Å². The number of hydrogen-bond donors (Lipinski definition) is 0. The lowest BCUT2D eigenvalue weighted by Gasteiger charge is -2.27. The number of hydrogen-bond acceptors (Lipinski definition) is 6. The van der Waals surface area contributed by atoms with E-state index in [4.69, 9.17) is 14.2 Å². The second kappa shape index (κ2) is 7.04. The van der Waals surface area contributed by atoms with Gasteiger partial charge in [-0.1, -0.05) is 0 Å². The van der Waals surface area contributed by atoms with E-state index in [2.05, 4.69) is 14.9 Å². The molecule has 2 fully saturated rings. The Kier molecular flexibility index (Phi) is 4.87. The Morgan fingerprint density at radius 2 is 1.86 bits per heavy atom. The van der Waals surface area contributed by atoms with E-state index in [0.717, 1.165) is 52.0 Å². The molecule has 0 spiro atoms. The molecule has 0 unspecified atom stereocenters. The number of methoxy groups -OCH3 is 1. The van der Waals surface area contributed by atoms with Crippen molar-refractivity contribution in [3.05, 3.63) is 12.3 Å². The van der Waals surface area contributed by atoms with Gasteiger partial charge in [0.25, 0.3) is 0 Å². The maximum absolute atomic E-state index is 5.76. The fraction of sp³-hybridized carbons (Fsp3) is 0.733. The molecule has 6 nitrogen and oxygen atoms in total. The highest BCUT2D eigenvalue weighted by Gasteiger charge is 2.25. The van der Waals surface area contributed by atoms with E-state index in [-0.39, 0.29) is 12.2 Å². The summed E-state index contributed by atoms with van der Waals surface area (Å²) in [4.78, 5) is 11.0. The first kappa shape index (κ1) is 14.5. The molecule has 0 aromatic carbocycles. The Morgan fingerprint density at radius 3 is 2.38 bits per heavy atom. The molecule has 3 heterocycles. The van der Waals surface area contributed by atoms with Crippen LogP contribution in [0.15, 0.2) is 12.3 Å². The van der Waals surface area contributed by atoms with Gasteiger partial charge in [-0.3, -0.25) is 0 Å². The lowest BCUT2D eigenvalue weighted by Crippen LogP contribution is -2.39. The predicted molar refractivity (Wildman–Crippen MR) is 78.7 cm³/mol. The third-order valence-electron chi connectivity index (χ3n) is 4.01. The fourth-order valence-electron chi connectivity index (χ4n) is 2.90. The third-order valence-corrected chi connectivity index (χ3v) is 4.01. The molecule has 0 bridgehead atoms. The van der Waals surface area contributed by atoms with Gasteiger partial charge in [-0.15, -0.1) is 0 Å². The monoisotopic (exact) mass is 293 g/mol. The van der Waals surface area contributed by atoms with Gasteiger partial charge >= 0.3 is 0 Å². The minimum atomic E-state index is 0.265. The van der Waals surface area contributed by atoms with Crippen LogP contribution in [0.2, 0.25) is 0 Å². The summed E-state index contributed by atoms with van der Waals surface area (Å²) in [6.45, 7) is 3.34. The van der Waals surface area contributed by atoms with Crippen LogP contribution < -0.4 is 9.64 Å². The van der Waals surface area contributed by atoms with Crippen molar-refractivity contribution in [1.82, 2.24) is 9.97 Å². The summed E-state index contributed by atoms with van der Waals surface area (Å²) >= 11 is 0. The average molecular weight is 293 g/mol. The predicted octanol–water partition coefficient (Wildman–Crippen LogP) is 1.65. The highest BCUT2D eigenvalue weighted by atomic mass is 16.5. The molecule has 0 N–H and O–H groups in total. The molecule has 21 heavy (non-hydrogen) atoms. The normalized spacial score (nSPS) is 25.2. The van der Waals surface area contributed by atoms with Crippen molar-refractivity contribution in [3.8, 4) is 5.88 Å². The summed E-state index contributed by atoms with van der Waals surface area (Å²) in [6.07, 6.45) is 6.74. The van der Waals surface area contributed by atoms with Crippen LogP contribution in [0.25, 0.3) is 0 Å². The maximum atomic E-state index is 5.76. The Morgan fingerprint density at radius 1 is 1.19 bits per heavy atom. The molecule has 6 heteroatoms. The summed E-state index contributed by atoms with van der Waals surface area (Å²) < 4.78 is 16.7. The average Bonchev–Trinajstić information content (AvgIpc) is 3.20. The van der Waals surface area contributed by atoms with Crippen molar-refractivity contribution in [2.24, 2.45) is 0 Å². The minimum Gasteiger partial charge on any atom is -0.481 e. The zero-order valence-corrected chi connectivity index (χ0v) is 12.5. The molecule has 1 aromatic rings. The number of ether oxygens (including phenoxy) is 3. The Balaban J connectivity index is 1.72.